The van der Waals surface area contributed by atoms with Crippen molar-refractivity contribution < 1.29 is 9.21 Å². The van der Waals surface area contributed by atoms with Gasteiger partial charge < -0.3 is 20.0 Å². The molecule has 0 aliphatic carbocycles. The van der Waals surface area contributed by atoms with E-state index in [0.29, 0.717) is 11.7 Å². The number of hydrogen-bond acceptors (Lipinski definition) is 4. The summed E-state index contributed by atoms with van der Waals surface area (Å²) in [6.45, 7) is 2.45. The molecular formula is C28H25BrN4O2S. The maximum absolute atomic E-state index is 12.7. The molecule has 2 atom stereocenters. The van der Waals surface area contributed by atoms with Crippen LogP contribution in [0, 0.1) is 6.92 Å². The second kappa shape index (κ2) is 10.6. The van der Waals surface area contributed by atoms with E-state index in [0.717, 1.165) is 38.5 Å². The Kier molecular flexibility index (Phi) is 7.16. The zero-order valence-electron chi connectivity index (χ0n) is 19.6. The molecule has 182 valence electrons. The fourth-order valence-corrected chi connectivity index (χ4v) is 4.91. The van der Waals surface area contributed by atoms with Crippen molar-refractivity contribution in [2.45, 2.75) is 25.4 Å². The molecule has 1 aliphatic heterocycles. The number of aromatic nitrogens is 1. The van der Waals surface area contributed by atoms with Gasteiger partial charge in [0.2, 0.25) is 5.91 Å². The predicted octanol–water partition coefficient (Wildman–Crippen LogP) is 6.41. The van der Waals surface area contributed by atoms with Gasteiger partial charge in [-0.3, -0.25) is 9.78 Å². The number of rotatable bonds is 7. The van der Waals surface area contributed by atoms with E-state index in [4.69, 9.17) is 16.6 Å². The lowest BCUT2D eigenvalue weighted by Crippen LogP contribution is -2.32. The Labute approximate surface area is 223 Å². The topological polar surface area (TPSA) is 70.4 Å². The lowest BCUT2D eigenvalue weighted by molar-refractivity contribution is -0.116. The third-order valence-electron chi connectivity index (χ3n) is 6.16. The predicted molar refractivity (Wildman–Crippen MR) is 148 cm³/mol. The first-order valence-electron chi connectivity index (χ1n) is 11.7. The maximum Gasteiger partial charge on any atom is 0.226 e. The first-order valence-corrected chi connectivity index (χ1v) is 12.9. The van der Waals surface area contributed by atoms with Gasteiger partial charge in [-0.05, 0) is 67.7 Å². The molecule has 8 heteroatoms. The molecule has 3 heterocycles. The van der Waals surface area contributed by atoms with Crippen LogP contribution in [0.4, 0.5) is 5.69 Å². The van der Waals surface area contributed by atoms with Crippen LogP contribution in [0.5, 0.6) is 0 Å². The number of benzene rings is 2. The third kappa shape index (κ3) is 5.34. The van der Waals surface area contributed by atoms with Gasteiger partial charge in [-0.15, -0.1) is 0 Å². The number of nitrogens with one attached hydrogen (secondary N) is 2. The average Bonchev–Trinajstić information content (AvgIpc) is 3.50. The zero-order chi connectivity index (χ0) is 25.1. The van der Waals surface area contributed by atoms with Crippen LogP contribution in [0.25, 0.3) is 11.3 Å². The quantitative estimate of drug-likeness (QED) is 0.254. The number of thiocarbonyl (C=S) groups is 1. The first kappa shape index (κ1) is 24.2. The SMILES string of the molecule is Cc1ccc(NC(=O)CCN2C(=S)N[C@@H](c3ccccn3)[C@@H]2c2ccc(-c3ccc(Br)cc3)o2)cc1. The van der Waals surface area contributed by atoms with Crippen molar-refractivity contribution in [2.75, 3.05) is 11.9 Å². The molecule has 5 rings (SSSR count). The molecule has 0 radical (unpaired) electrons. The number of pyridine rings is 1. The van der Waals surface area contributed by atoms with Gasteiger partial charge in [-0.25, -0.2) is 0 Å². The van der Waals surface area contributed by atoms with Crippen molar-refractivity contribution in [3.05, 3.63) is 107 Å². The minimum atomic E-state index is -0.247. The lowest BCUT2D eigenvalue weighted by atomic mass is 10.0. The molecule has 0 bridgehead atoms. The van der Waals surface area contributed by atoms with E-state index in [1.807, 2.05) is 90.7 Å². The van der Waals surface area contributed by atoms with Crippen LogP contribution in [0.2, 0.25) is 0 Å². The zero-order valence-corrected chi connectivity index (χ0v) is 22.1. The standard InChI is InChI=1S/C28H25BrN4O2S/c1-18-5-11-21(12-6-18)31-25(34)15-17-33-27(26(32-28(33)36)22-4-2-3-16-30-22)24-14-13-23(35-24)19-7-9-20(29)10-8-19/h2-14,16,26-27H,15,17H2,1H3,(H,31,34)(H,32,36)/t26-,27-/m0/s1. The van der Waals surface area contributed by atoms with Crippen LogP contribution in [0.3, 0.4) is 0 Å². The van der Waals surface area contributed by atoms with Gasteiger partial charge >= 0.3 is 0 Å². The summed E-state index contributed by atoms with van der Waals surface area (Å²) in [7, 11) is 0. The Balaban J connectivity index is 1.38. The van der Waals surface area contributed by atoms with Crippen molar-refractivity contribution in [3.63, 3.8) is 0 Å². The van der Waals surface area contributed by atoms with Crippen molar-refractivity contribution in [3.8, 4) is 11.3 Å². The molecule has 0 spiro atoms. The van der Waals surface area contributed by atoms with Gasteiger partial charge in [0.1, 0.15) is 17.6 Å². The van der Waals surface area contributed by atoms with Crippen LogP contribution in [0.1, 0.15) is 35.5 Å². The summed E-state index contributed by atoms with van der Waals surface area (Å²) in [5, 5.41) is 6.94. The summed E-state index contributed by atoms with van der Waals surface area (Å²) in [6.07, 6.45) is 2.05. The lowest BCUT2D eigenvalue weighted by Gasteiger charge is -2.25. The Morgan fingerprint density at radius 2 is 1.86 bits per heavy atom. The smallest absolute Gasteiger partial charge is 0.226 e. The molecule has 1 amide bonds. The fourth-order valence-electron chi connectivity index (χ4n) is 4.32. The van der Waals surface area contributed by atoms with Crippen LogP contribution < -0.4 is 10.6 Å². The minimum absolute atomic E-state index is 0.0725. The number of furan rings is 1. The summed E-state index contributed by atoms with van der Waals surface area (Å²) < 4.78 is 7.36. The van der Waals surface area contributed by atoms with Crippen molar-refractivity contribution in [2.24, 2.45) is 0 Å². The molecule has 4 aromatic rings. The minimum Gasteiger partial charge on any atom is -0.459 e. The van der Waals surface area contributed by atoms with Gasteiger partial charge in [-0.2, -0.15) is 0 Å². The van der Waals surface area contributed by atoms with E-state index in [1.165, 1.54) is 0 Å². The summed E-state index contributed by atoms with van der Waals surface area (Å²) in [4.78, 5) is 19.3. The van der Waals surface area contributed by atoms with Crippen LogP contribution >= 0.6 is 28.1 Å². The monoisotopic (exact) mass is 560 g/mol. The molecule has 1 aliphatic rings. The highest BCUT2D eigenvalue weighted by molar-refractivity contribution is 9.10. The van der Waals surface area contributed by atoms with E-state index in [9.17, 15) is 4.79 Å². The van der Waals surface area contributed by atoms with Gasteiger partial charge in [0.15, 0.2) is 5.11 Å². The number of anilines is 1. The second-order valence-electron chi connectivity index (χ2n) is 8.69. The highest BCUT2D eigenvalue weighted by Crippen LogP contribution is 2.40. The van der Waals surface area contributed by atoms with E-state index < -0.39 is 0 Å². The van der Waals surface area contributed by atoms with Crippen molar-refractivity contribution in [1.82, 2.24) is 15.2 Å². The van der Waals surface area contributed by atoms with Crippen LogP contribution in [-0.2, 0) is 4.79 Å². The number of aryl methyl sites for hydroxylation is 1. The van der Waals surface area contributed by atoms with E-state index in [-0.39, 0.29) is 24.4 Å². The maximum atomic E-state index is 12.7. The van der Waals surface area contributed by atoms with Crippen molar-refractivity contribution in [1.29, 1.82) is 0 Å². The number of hydrogen-bond donors (Lipinski definition) is 2. The number of carbonyl (C=O) groups is 1. The normalized spacial score (nSPS) is 17.2. The van der Waals surface area contributed by atoms with Crippen LogP contribution in [-0.4, -0.2) is 27.4 Å². The molecule has 0 saturated carbocycles. The molecule has 0 unspecified atom stereocenters. The number of amides is 1. The van der Waals surface area contributed by atoms with Gasteiger partial charge in [0.25, 0.3) is 0 Å². The third-order valence-corrected chi connectivity index (χ3v) is 7.04. The molecular weight excluding hydrogens is 536 g/mol. The summed E-state index contributed by atoms with van der Waals surface area (Å²) in [5.74, 6) is 1.46. The Morgan fingerprint density at radius 3 is 2.58 bits per heavy atom. The number of halogens is 1. The average molecular weight is 562 g/mol. The Bertz CT molecular complexity index is 1360. The fraction of sp³-hybridized carbons (Fsp3) is 0.179. The Hall–Kier alpha value is -3.49. The van der Waals surface area contributed by atoms with Gasteiger partial charge in [-0.1, -0.05) is 51.8 Å². The molecule has 1 fully saturated rings. The van der Waals surface area contributed by atoms with E-state index in [2.05, 4.69) is 31.5 Å². The summed E-state index contributed by atoms with van der Waals surface area (Å²) in [6, 6.07) is 25.1. The molecule has 36 heavy (non-hydrogen) atoms. The highest BCUT2D eigenvalue weighted by atomic mass is 79.9. The van der Waals surface area contributed by atoms with Crippen molar-refractivity contribution >= 4 is 44.9 Å². The molecule has 6 nitrogen and oxygen atoms in total. The molecule has 2 N–H and O–H groups in total. The number of nitrogens with zero attached hydrogens (tertiary/aromatic N) is 2. The van der Waals surface area contributed by atoms with E-state index in [1.54, 1.807) is 6.20 Å². The summed E-state index contributed by atoms with van der Waals surface area (Å²) in [5.41, 5.74) is 3.76. The van der Waals surface area contributed by atoms with Crippen LogP contribution in [0.15, 0.2) is 93.9 Å². The van der Waals surface area contributed by atoms with E-state index >= 15 is 0 Å². The first-order chi connectivity index (χ1) is 17.5. The number of carbonyl (C=O) groups excluding carboxylic acids is 1. The largest absolute Gasteiger partial charge is 0.459 e. The second-order valence-corrected chi connectivity index (χ2v) is 10.00. The molecule has 2 aromatic heterocycles. The Morgan fingerprint density at radius 1 is 1.08 bits per heavy atom. The molecule has 1 saturated heterocycles. The highest BCUT2D eigenvalue weighted by Gasteiger charge is 2.41. The van der Waals surface area contributed by atoms with Gasteiger partial charge in [0, 0.05) is 34.9 Å². The summed E-state index contributed by atoms with van der Waals surface area (Å²) >= 11 is 9.19. The van der Waals surface area contributed by atoms with Gasteiger partial charge in [0.05, 0.1) is 11.7 Å². The molecule has 2 aromatic carbocycles.